The van der Waals surface area contributed by atoms with Gasteiger partial charge in [-0.25, -0.2) is 4.98 Å². The molecule has 0 aliphatic carbocycles. The van der Waals surface area contributed by atoms with E-state index in [4.69, 9.17) is 16.7 Å². The Morgan fingerprint density at radius 2 is 2.21 bits per heavy atom. The molecule has 5 nitrogen and oxygen atoms in total. The number of halogens is 1. The fourth-order valence-corrected chi connectivity index (χ4v) is 2.63. The van der Waals surface area contributed by atoms with Gasteiger partial charge in [0.2, 0.25) is 5.78 Å². The number of hydrogen-bond acceptors (Lipinski definition) is 2. The van der Waals surface area contributed by atoms with Crippen molar-refractivity contribution in [1.29, 1.82) is 0 Å². The van der Waals surface area contributed by atoms with Crippen LogP contribution in [-0.4, -0.2) is 25.0 Å². The second-order valence-corrected chi connectivity index (χ2v) is 5.05. The van der Waals surface area contributed by atoms with Crippen LogP contribution in [0, 0.1) is 6.92 Å². The fourth-order valence-electron chi connectivity index (χ4n) is 2.32. The molecule has 0 unspecified atom stereocenters. The van der Waals surface area contributed by atoms with Gasteiger partial charge in [-0.05, 0) is 24.6 Å². The normalized spacial score (nSPS) is 11.5. The minimum Gasteiger partial charge on any atom is -0.481 e. The number of aryl methyl sites for hydroxylation is 2. The van der Waals surface area contributed by atoms with Crippen molar-refractivity contribution in [2.45, 2.75) is 13.3 Å². The predicted molar refractivity (Wildman–Crippen MR) is 72.8 cm³/mol. The number of benzene rings is 1. The number of aromatic nitrogens is 3. The molecule has 2 aromatic heterocycles. The third-order valence-electron chi connectivity index (χ3n) is 3.22. The highest BCUT2D eigenvalue weighted by Gasteiger charge is 2.15. The van der Waals surface area contributed by atoms with Gasteiger partial charge in [0, 0.05) is 18.9 Å². The Hall–Kier alpha value is -2.01. The first kappa shape index (κ1) is 12.0. The van der Waals surface area contributed by atoms with Crippen molar-refractivity contribution in [3.8, 4) is 0 Å². The van der Waals surface area contributed by atoms with Crippen LogP contribution in [0.1, 0.15) is 11.3 Å². The summed E-state index contributed by atoms with van der Waals surface area (Å²) in [4.78, 5) is 15.3. The quantitative estimate of drug-likeness (QED) is 0.782. The summed E-state index contributed by atoms with van der Waals surface area (Å²) in [6.45, 7) is 1.96. The number of imidazole rings is 2. The molecule has 0 radical (unpaired) electrons. The number of carboxylic acid groups (broad SMARTS) is 1. The van der Waals surface area contributed by atoms with Crippen LogP contribution in [0.25, 0.3) is 16.8 Å². The van der Waals surface area contributed by atoms with Crippen molar-refractivity contribution in [3.05, 3.63) is 34.6 Å². The molecular formula is C13H12ClN3O2. The van der Waals surface area contributed by atoms with E-state index in [2.05, 4.69) is 4.98 Å². The summed E-state index contributed by atoms with van der Waals surface area (Å²) >= 11 is 6.19. The molecule has 1 N–H and O–H groups in total. The fraction of sp³-hybridized carbons (Fsp3) is 0.231. The van der Waals surface area contributed by atoms with E-state index >= 15 is 0 Å². The molecule has 98 valence electrons. The monoisotopic (exact) mass is 277 g/mol. The number of hydrogen-bond donors (Lipinski definition) is 1. The lowest BCUT2D eigenvalue weighted by atomic mass is 10.2. The Kier molecular flexibility index (Phi) is 2.53. The number of fused-ring (bicyclic) bond motifs is 3. The predicted octanol–water partition coefficient (Wildman–Crippen LogP) is 2.41. The van der Waals surface area contributed by atoms with Crippen LogP contribution in [0.15, 0.2) is 18.3 Å². The van der Waals surface area contributed by atoms with E-state index in [0.717, 1.165) is 16.6 Å². The lowest BCUT2D eigenvalue weighted by Crippen LogP contribution is -2.05. The number of nitrogens with zero attached hydrogens (tertiary/aromatic N) is 3. The third-order valence-corrected chi connectivity index (χ3v) is 3.50. The zero-order chi connectivity index (χ0) is 13.7. The number of carbonyl (C=O) groups is 1. The molecule has 0 saturated heterocycles. The molecule has 0 bridgehead atoms. The first-order valence-corrected chi connectivity index (χ1v) is 6.19. The zero-order valence-electron chi connectivity index (χ0n) is 10.5. The van der Waals surface area contributed by atoms with Crippen LogP contribution in [-0.2, 0) is 18.3 Å². The molecule has 0 spiro atoms. The van der Waals surface area contributed by atoms with Gasteiger partial charge < -0.3 is 9.67 Å². The molecule has 3 aromatic rings. The lowest BCUT2D eigenvalue weighted by molar-refractivity contribution is -0.136. The van der Waals surface area contributed by atoms with Gasteiger partial charge in [0.1, 0.15) is 5.52 Å². The van der Waals surface area contributed by atoms with Gasteiger partial charge >= 0.3 is 5.97 Å². The summed E-state index contributed by atoms with van der Waals surface area (Å²) in [7, 11) is 1.81. The Labute approximate surface area is 114 Å². The highest BCUT2D eigenvalue weighted by atomic mass is 35.5. The number of rotatable bonds is 2. The van der Waals surface area contributed by atoms with Crippen molar-refractivity contribution in [2.75, 3.05) is 0 Å². The Bertz CT molecular complexity index is 816. The first-order chi connectivity index (χ1) is 8.97. The summed E-state index contributed by atoms with van der Waals surface area (Å²) in [5, 5.41) is 9.50. The maximum Gasteiger partial charge on any atom is 0.309 e. The van der Waals surface area contributed by atoms with Crippen molar-refractivity contribution < 1.29 is 9.90 Å². The zero-order valence-corrected chi connectivity index (χ0v) is 11.3. The first-order valence-electron chi connectivity index (χ1n) is 5.81. The van der Waals surface area contributed by atoms with E-state index in [1.165, 1.54) is 0 Å². The largest absolute Gasteiger partial charge is 0.481 e. The van der Waals surface area contributed by atoms with Crippen molar-refractivity contribution in [1.82, 2.24) is 14.0 Å². The smallest absolute Gasteiger partial charge is 0.309 e. The van der Waals surface area contributed by atoms with Crippen LogP contribution < -0.4 is 0 Å². The third kappa shape index (κ3) is 1.77. The van der Waals surface area contributed by atoms with Gasteiger partial charge in [-0.15, -0.1) is 0 Å². The van der Waals surface area contributed by atoms with E-state index in [1.54, 1.807) is 17.8 Å². The molecule has 0 saturated carbocycles. The number of carboxylic acids is 1. The molecular weight excluding hydrogens is 266 g/mol. The van der Waals surface area contributed by atoms with Crippen molar-refractivity contribution >= 4 is 34.4 Å². The second-order valence-electron chi connectivity index (χ2n) is 4.65. The average Bonchev–Trinajstić information content (AvgIpc) is 2.79. The average molecular weight is 278 g/mol. The second kappa shape index (κ2) is 3.99. The summed E-state index contributed by atoms with van der Waals surface area (Å²) in [5.74, 6) is -0.166. The van der Waals surface area contributed by atoms with E-state index in [9.17, 15) is 4.79 Å². The lowest BCUT2D eigenvalue weighted by Gasteiger charge is -1.98. The van der Waals surface area contributed by atoms with Crippen molar-refractivity contribution in [2.24, 2.45) is 7.05 Å². The summed E-state index contributed by atoms with van der Waals surface area (Å²) in [6.07, 6.45) is 1.77. The minimum atomic E-state index is -0.859. The van der Waals surface area contributed by atoms with Gasteiger partial charge in [-0.2, -0.15) is 0 Å². The maximum atomic E-state index is 10.8. The Balaban J connectivity index is 2.34. The minimum absolute atomic E-state index is 0.0269. The molecule has 19 heavy (non-hydrogen) atoms. The molecule has 1 aromatic carbocycles. The highest BCUT2D eigenvalue weighted by molar-refractivity contribution is 6.35. The van der Waals surface area contributed by atoms with Gasteiger partial charge in [0.05, 0.1) is 17.0 Å². The van der Waals surface area contributed by atoms with Gasteiger partial charge in [0.25, 0.3) is 0 Å². The Morgan fingerprint density at radius 3 is 2.89 bits per heavy atom. The Morgan fingerprint density at radius 1 is 1.47 bits per heavy atom. The molecule has 0 atom stereocenters. The molecule has 2 heterocycles. The highest BCUT2D eigenvalue weighted by Crippen LogP contribution is 2.27. The van der Waals surface area contributed by atoms with Crippen molar-refractivity contribution in [3.63, 3.8) is 0 Å². The topological polar surface area (TPSA) is 59.5 Å². The standard InChI is InChI=1S/C13H12ClN3O2/c1-7-3-9(14)12-10(4-7)17-6-8(5-11(18)19)16(2)13(17)15-12/h3-4,6H,5H2,1-2H3,(H,18,19). The molecule has 6 heteroatoms. The summed E-state index contributed by atoms with van der Waals surface area (Å²) in [6, 6.07) is 3.86. The van der Waals surface area contributed by atoms with Gasteiger partial charge in [0.15, 0.2) is 0 Å². The van der Waals surface area contributed by atoms with Crippen LogP contribution in [0.3, 0.4) is 0 Å². The summed E-state index contributed by atoms with van der Waals surface area (Å²) in [5.41, 5.74) is 3.38. The molecule has 3 rings (SSSR count). The molecule has 0 amide bonds. The summed E-state index contributed by atoms with van der Waals surface area (Å²) < 4.78 is 3.66. The molecule has 0 fully saturated rings. The molecule has 0 aliphatic heterocycles. The SMILES string of the molecule is Cc1cc(Cl)c2nc3n(C)c(CC(=O)O)cn3c2c1. The van der Waals surface area contributed by atoms with Gasteiger partial charge in [-0.3, -0.25) is 9.20 Å². The van der Waals surface area contributed by atoms with Crippen LogP contribution >= 0.6 is 11.6 Å². The van der Waals surface area contributed by atoms with E-state index < -0.39 is 5.97 Å². The van der Waals surface area contributed by atoms with Gasteiger partial charge in [-0.1, -0.05) is 11.6 Å². The molecule has 0 aliphatic rings. The van der Waals surface area contributed by atoms with E-state index in [-0.39, 0.29) is 6.42 Å². The number of aliphatic carboxylic acids is 1. The van der Waals surface area contributed by atoms with E-state index in [0.29, 0.717) is 16.5 Å². The van der Waals surface area contributed by atoms with Crippen LogP contribution in [0.4, 0.5) is 0 Å². The van der Waals surface area contributed by atoms with Crippen LogP contribution in [0.2, 0.25) is 5.02 Å². The van der Waals surface area contributed by atoms with E-state index in [1.807, 2.05) is 23.5 Å². The maximum absolute atomic E-state index is 10.8. The van der Waals surface area contributed by atoms with Crippen LogP contribution in [0.5, 0.6) is 0 Å².